The number of pyridine rings is 1. The molecule has 47 heavy (non-hydrogen) atoms. The van der Waals surface area contributed by atoms with E-state index in [0.717, 1.165) is 51.4 Å². The van der Waals surface area contributed by atoms with Gasteiger partial charge in [0.2, 0.25) is 5.91 Å². The molecule has 7 nitrogen and oxygen atoms in total. The van der Waals surface area contributed by atoms with Gasteiger partial charge in [-0.2, -0.15) is 0 Å². The highest BCUT2D eigenvalue weighted by atomic mass is 16.5. The molecule has 0 saturated heterocycles. The van der Waals surface area contributed by atoms with Gasteiger partial charge in [-0.05, 0) is 141 Å². The molecule has 6 fully saturated rings. The van der Waals surface area contributed by atoms with E-state index in [1.165, 1.54) is 43.9 Å². The second kappa shape index (κ2) is 10.9. The summed E-state index contributed by atoms with van der Waals surface area (Å²) in [6.45, 7) is 18.6. The standard InChI is InChI=1S/C40H57N3O4/c1-25(2)28-13-18-39(34(46)43-42-33(45)27-10-8-23-41-24-27)21-19-35(4)29(32(28)39)11-12-30-36(35,5)20-22-40-16-9-15-38(40,7)31(47-26(3)44)14-17-37(30,40)6/h8,10,23-24,28-32H,1,9,11-22H2,2-7H3,(H,42,45)(H,43,46). The number of allylic oxidation sites excluding steroid dienone is 1. The lowest BCUT2D eigenvalue weighted by Gasteiger charge is -2.75. The molecule has 0 aromatic carbocycles. The maximum atomic E-state index is 14.3. The predicted molar refractivity (Wildman–Crippen MR) is 181 cm³/mol. The van der Waals surface area contributed by atoms with Crippen molar-refractivity contribution in [2.45, 2.75) is 131 Å². The largest absolute Gasteiger partial charge is 0.462 e. The van der Waals surface area contributed by atoms with Crippen LogP contribution in [0.15, 0.2) is 36.7 Å². The SMILES string of the molecule is C=C(C)C1CCC2(C(=O)NNC(=O)c3cccnc3)CCC3(C)C(CCC4C3(C)CCC35CCCC3(C)C(OC(C)=O)CCC45C)C12. The third kappa shape index (κ3) is 4.22. The van der Waals surface area contributed by atoms with Crippen molar-refractivity contribution < 1.29 is 19.1 Å². The normalized spacial score (nSPS) is 46.5. The van der Waals surface area contributed by atoms with Crippen LogP contribution in [0.3, 0.4) is 0 Å². The smallest absolute Gasteiger partial charge is 0.302 e. The number of hydrogen-bond donors (Lipinski definition) is 2. The fraction of sp³-hybridized carbons (Fsp3) is 0.750. The monoisotopic (exact) mass is 643 g/mol. The summed E-state index contributed by atoms with van der Waals surface area (Å²) in [5, 5.41) is 0. The number of hydrogen-bond acceptors (Lipinski definition) is 5. The van der Waals surface area contributed by atoms with Crippen LogP contribution in [-0.4, -0.2) is 28.9 Å². The van der Waals surface area contributed by atoms with Crippen molar-refractivity contribution in [2.75, 3.05) is 0 Å². The highest BCUT2D eigenvalue weighted by Gasteiger charge is 2.76. The molecule has 7 rings (SSSR count). The predicted octanol–water partition coefficient (Wildman–Crippen LogP) is 7.97. The Morgan fingerprint density at radius 2 is 1.60 bits per heavy atom. The van der Waals surface area contributed by atoms with Gasteiger partial charge in [-0.3, -0.25) is 30.2 Å². The molecule has 0 radical (unpaired) electrons. The summed E-state index contributed by atoms with van der Waals surface area (Å²) in [5.74, 6) is 1.05. The first-order valence-electron chi connectivity index (χ1n) is 18.5. The van der Waals surface area contributed by atoms with Crippen LogP contribution in [0.5, 0.6) is 0 Å². The van der Waals surface area contributed by atoms with Gasteiger partial charge in [0, 0.05) is 24.7 Å². The Balaban J connectivity index is 1.20. The molecule has 2 amide bonds. The molecule has 11 unspecified atom stereocenters. The molecule has 6 aliphatic carbocycles. The topological polar surface area (TPSA) is 97.4 Å². The number of nitrogens with one attached hydrogen (secondary N) is 2. The van der Waals surface area contributed by atoms with Gasteiger partial charge in [0.25, 0.3) is 5.91 Å². The molecule has 1 aromatic rings. The van der Waals surface area contributed by atoms with Crippen molar-refractivity contribution in [2.24, 2.45) is 56.2 Å². The summed E-state index contributed by atoms with van der Waals surface area (Å²) in [6.07, 6.45) is 17.3. The first-order chi connectivity index (χ1) is 22.2. The van der Waals surface area contributed by atoms with Crippen molar-refractivity contribution in [3.8, 4) is 0 Å². The molecule has 11 atom stereocenters. The van der Waals surface area contributed by atoms with Crippen molar-refractivity contribution in [3.05, 3.63) is 42.2 Å². The fourth-order valence-corrected chi connectivity index (χ4v) is 14.4. The van der Waals surface area contributed by atoms with Crippen molar-refractivity contribution in [3.63, 3.8) is 0 Å². The first-order valence-corrected chi connectivity index (χ1v) is 18.5. The molecule has 256 valence electrons. The Labute approximate surface area is 281 Å². The van der Waals surface area contributed by atoms with E-state index in [-0.39, 0.29) is 56.9 Å². The molecule has 0 aliphatic heterocycles. The van der Waals surface area contributed by atoms with E-state index in [0.29, 0.717) is 23.3 Å². The number of rotatable bonds is 4. The van der Waals surface area contributed by atoms with Crippen LogP contribution in [0, 0.1) is 56.2 Å². The second-order valence-corrected chi connectivity index (χ2v) is 17.8. The number of nitrogens with zero attached hydrogens (tertiary/aromatic N) is 1. The molecular formula is C40H57N3O4. The van der Waals surface area contributed by atoms with Crippen LogP contribution in [-0.2, 0) is 14.3 Å². The molecule has 6 aliphatic rings. The summed E-state index contributed by atoms with van der Waals surface area (Å²) >= 11 is 0. The first kappa shape index (κ1) is 32.8. The summed E-state index contributed by atoms with van der Waals surface area (Å²) in [4.78, 5) is 43.5. The van der Waals surface area contributed by atoms with E-state index < -0.39 is 5.41 Å². The van der Waals surface area contributed by atoms with E-state index in [2.05, 4.69) is 57.0 Å². The lowest BCUT2D eigenvalue weighted by Crippen LogP contribution is -2.70. The van der Waals surface area contributed by atoms with Gasteiger partial charge in [-0.15, -0.1) is 0 Å². The van der Waals surface area contributed by atoms with Gasteiger partial charge in [0.05, 0.1) is 11.0 Å². The minimum absolute atomic E-state index is 0.0223. The van der Waals surface area contributed by atoms with Crippen LogP contribution in [0.4, 0.5) is 0 Å². The van der Waals surface area contributed by atoms with E-state index >= 15 is 0 Å². The molecule has 1 aromatic heterocycles. The van der Waals surface area contributed by atoms with Gasteiger partial charge in [0.1, 0.15) is 6.10 Å². The number of carbonyl (C=O) groups is 3. The van der Waals surface area contributed by atoms with E-state index in [1.54, 1.807) is 25.3 Å². The lowest BCUT2D eigenvalue weighted by molar-refractivity contribution is -0.281. The Hall–Kier alpha value is -2.70. The average Bonchev–Trinajstić information content (AvgIpc) is 3.61. The molecule has 1 spiro atoms. The zero-order valence-electron chi connectivity index (χ0n) is 29.7. The number of ether oxygens (including phenoxy) is 1. The molecular weight excluding hydrogens is 586 g/mol. The van der Waals surface area contributed by atoms with Gasteiger partial charge in [-0.1, -0.05) is 46.3 Å². The number of carbonyl (C=O) groups excluding carboxylic acids is 3. The maximum absolute atomic E-state index is 14.3. The quantitative estimate of drug-likeness (QED) is 0.197. The minimum atomic E-state index is -0.509. The van der Waals surface area contributed by atoms with Gasteiger partial charge >= 0.3 is 5.97 Å². The maximum Gasteiger partial charge on any atom is 0.302 e. The van der Waals surface area contributed by atoms with Crippen molar-refractivity contribution >= 4 is 17.8 Å². The number of fused-ring (bicyclic) bond motifs is 6. The Morgan fingerprint density at radius 3 is 2.30 bits per heavy atom. The zero-order valence-corrected chi connectivity index (χ0v) is 29.7. The third-order valence-electron chi connectivity index (χ3n) is 16.7. The number of esters is 1. The highest BCUT2D eigenvalue weighted by molar-refractivity contribution is 5.95. The van der Waals surface area contributed by atoms with Crippen LogP contribution >= 0.6 is 0 Å². The van der Waals surface area contributed by atoms with Crippen molar-refractivity contribution in [1.29, 1.82) is 0 Å². The third-order valence-corrected chi connectivity index (χ3v) is 16.7. The van der Waals surface area contributed by atoms with Crippen LogP contribution in [0.25, 0.3) is 0 Å². The summed E-state index contributed by atoms with van der Waals surface area (Å²) in [7, 11) is 0. The van der Waals surface area contributed by atoms with E-state index in [9.17, 15) is 14.4 Å². The molecule has 2 N–H and O–H groups in total. The molecule has 6 saturated carbocycles. The van der Waals surface area contributed by atoms with Crippen LogP contribution < -0.4 is 10.9 Å². The van der Waals surface area contributed by atoms with Gasteiger partial charge < -0.3 is 4.74 Å². The fourth-order valence-electron chi connectivity index (χ4n) is 14.4. The second-order valence-electron chi connectivity index (χ2n) is 17.8. The molecule has 0 bridgehead atoms. The Kier molecular flexibility index (Phi) is 7.61. The number of amides is 2. The Morgan fingerprint density at radius 1 is 0.830 bits per heavy atom. The zero-order chi connectivity index (χ0) is 33.6. The summed E-state index contributed by atoms with van der Waals surface area (Å²) < 4.78 is 6.12. The summed E-state index contributed by atoms with van der Waals surface area (Å²) in [5.41, 5.74) is 7.43. The van der Waals surface area contributed by atoms with Crippen LogP contribution in [0.2, 0.25) is 0 Å². The van der Waals surface area contributed by atoms with Gasteiger partial charge in [-0.25, -0.2) is 0 Å². The highest BCUT2D eigenvalue weighted by Crippen LogP contribution is 2.82. The Bertz CT molecular complexity index is 1480. The van der Waals surface area contributed by atoms with E-state index in [1.807, 2.05) is 0 Å². The lowest BCUT2D eigenvalue weighted by atomic mass is 9.29. The average molecular weight is 644 g/mol. The molecule has 7 heteroatoms. The number of hydrazine groups is 1. The van der Waals surface area contributed by atoms with Gasteiger partial charge in [0.15, 0.2) is 0 Å². The summed E-state index contributed by atoms with van der Waals surface area (Å²) in [6, 6.07) is 3.43. The minimum Gasteiger partial charge on any atom is -0.462 e. The number of aromatic nitrogens is 1. The van der Waals surface area contributed by atoms with E-state index in [4.69, 9.17) is 4.74 Å². The molecule has 1 heterocycles. The van der Waals surface area contributed by atoms with Crippen molar-refractivity contribution in [1.82, 2.24) is 15.8 Å². The van der Waals surface area contributed by atoms with Crippen LogP contribution in [0.1, 0.15) is 135 Å².